The number of likely N-dealkylation sites (tertiary alicyclic amines) is 2. The van der Waals surface area contributed by atoms with E-state index in [1.54, 1.807) is 0 Å². The lowest BCUT2D eigenvalue weighted by Crippen LogP contribution is -2.46. The van der Waals surface area contributed by atoms with Gasteiger partial charge in [0.1, 0.15) is 6.23 Å². The average molecular weight is 516 g/mol. The van der Waals surface area contributed by atoms with Crippen LogP contribution in [0.2, 0.25) is 0 Å². The Kier molecular flexibility index (Phi) is 7.74. The molecule has 0 radical (unpaired) electrons. The first-order chi connectivity index (χ1) is 17.8. The van der Waals surface area contributed by atoms with E-state index in [-0.39, 0.29) is 30.3 Å². The van der Waals surface area contributed by atoms with Crippen LogP contribution in [0.3, 0.4) is 0 Å². The Morgan fingerprint density at radius 3 is 2.68 bits per heavy atom. The molecule has 4 atom stereocenters. The number of fused-ring (bicyclic) bond motifs is 1. The third-order valence-corrected chi connectivity index (χ3v) is 9.33. The van der Waals surface area contributed by atoms with Crippen LogP contribution in [0.1, 0.15) is 70.8 Å². The van der Waals surface area contributed by atoms with Gasteiger partial charge in [-0.2, -0.15) is 0 Å². The minimum absolute atomic E-state index is 0.00342. The molecule has 1 aromatic rings. The number of benzene rings is 1. The second kappa shape index (κ2) is 10.7. The van der Waals surface area contributed by atoms with Crippen LogP contribution in [0.5, 0.6) is 11.5 Å². The third kappa shape index (κ3) is 5.35. The zero-order valence-electron chi connectivity index (χ0n) is 22.8. The van der Waals surface area contributed by atoms with E-state index < -0.39 is 6.23 Å². The standard InChI is InChI=1S/C29H45N3O5/c1-4-5-10-30(11-6-13-33)26(34)19-32-17-22(21-7-8-24-25(14-21)37-20-36-24)15-29(32)16-23(29)18-31-12-9-28(2,3)27(31)35/h7-8,14,22-23,27,33,35H,4-6,9-13,15-20H2,1-3H3/t22-,23+,27?,29?/m1/s1. The van der Waals surface area contributed by atoms with Crippen molar-refractivity contribution in [2.45, 2.75) is 77.0 Å². The molecule has 2 unspecified atom stereocenters. The predicted octanol–water partition coefficient (Wildman–Crippen LogP) is 3.02. The Labute approximate surface area is 221 Å². The van der Waals surface area contributed by atoms with Crippen molar-refractivity contribution in [3.05, 3.63) is 23.8 Å². The average Bonchev–Trinajstić information content (AvgIpc) is 3.13. The normalized spacial score (nSPS) is 30.4. The zero-order chi connectivity index (χ0) is 26.2. The van der Waals surface area contributed by atoms with E-state index in [1.807, 2.05) is 11.0 Å². The van der Waals surface area contributed by atoms with Gasteiger partial charge in [0, 0.05) is 50.3 Å². The van der Waals surface area contributed by atoms with Crippen LogP contribution >= 0.6 is 0 Å². The summed E-state index contributed by atoms with van der Waals surface area (Å²) in [5.41, 5.74) is 1.17. The summed E-state index contributed by atoms with van der Waals surface area (Å²) in [6, 6.07) is 6.27. The van der Waals surface area contributed by atoms with Gasteiger partial charge in [-0.3, -0.25) is 14.6 Å². The molecular formula is C29H45N3O5. The van der Waals surface area contributed by atoms with Crippen molar-refractivity contribution < 1.29 is 24.5 Å². The highest BCUT2D eigenvalue weighted by molar-refractivity contribution is 5.78. The maximum atomic E-state index is 13.5. The van der Waals surface area contributed by atoms with Crippen LogP contribution in [-0.2, 0) is 4.79 Å². The second-order valence-corrected chi connectivity index (χ2v) is 12.3. The molecule has 3 fully saturated rings. The number of rotatable bonds is 11. The molecule has 8 heteroatoms. The Morgan fingerprint density at radius 2 is 1.95 bits per heavy atom. The fourth-order valence-corrected chi connectivity index (χ4v) is 6.81. The van der Waals surface area contributed by atoms with Gasteiger partial charge < -0.3 is 24.6 Å². The van der Waals surface area contributed by atoms with Gasteiger partial charge in [0.25, 0.3) is 0 Å². The summed E-state index contributed by atoms with van der Waals surface area (Å²) in [7, 11) is 0. The molecule has 1 spiro atoms. The first kappa shape index (κ1) is 26.7. The van der Waals surface area contributed by atoms with E-state index in [0.29, 0.717) is 31.3 Å². The summed E-state index contributed by atoms with van der Waals surface area (Å²) in [6.45, 7) is 11.2. The summed E-state index contributed by atoms with van der Waals surface area (Å²) in [6.07, 6.45) is 5.32. The van der Waals surface area contributed by atoms with Gasteiger partial charge in [0.2, 0.25) is 12.7 Å². The first-order valence-corrected chi connectivity index (χ1v) is 14.2. The lowest BCUT2D eigenvalue weighted by molar-refractivity contribution is -0.133. The van der Waals surface area contributed by atoms with Crippen molar-refractivity contribution in [2.24, 2.45) is 11.3 Å². The Morgan fingerprint density at radius 1 is 1.16 bits per heavy atom. The van der Waals surface area contributed by atoms with Crippen LogP contribution in [-0.4, -0.2) is 95.3 Å². The Hall–Kier alpha value is -1.87. The third-order valence-electron chi connectivity index (χ3n) is 9.33. The van der Waals surface area contributed by atoms with E-state index in [4.69, 9.17) is 9.47 Å². The number of hydrogen-bond acceptors (Lipinski definition) is 7. The number of aliphatic hydroxyl groups excluding tert-OH is 2. The molecule has 3 heterocycles. The summed E-state index contributed by atoms with van der Waals surface area (Å²) in [4.78, 5) is 20.2. The van der Waals surface area contributed by atoms with Crippen LogP contribution < -0.4 is 9.47 Å². The number of amides is 1. The number of hydrogen-bond donors (Lipinski definition) is 2. The molecule has 4 aliphatic rings. The molecule has 37 heavy (non-hydrogen) atoms. The zero-order valence-corrected chi connectivity index (χ0v) is 22.8. The van der Waals surface area contributed by atoms with Gasteiger partial charge in [-0.25, -0.2) is 0 Å². The lowest BCUT2D eigenvalue weighted by atomic mass is 9.91. The number of aliphatic hydroxyl groups is 2. The highest BCUT2D eigenvalue weighted by Gasteiger charge is 2.63. The van der Waals surface area contributed by atoms with Gasteiger partial charge in [-0.1, -0.05) is 33.3 Å². The number of ether oxygens (including phenoxy) is 2. The molecule has 0 aromatic heterocycles. The van der Waals surface area contributed by atoms with E-state index in [1.165, 1.54) is 5.56 Å². The second-order valence-electron chi connectivity index (χ2n) is 12.3. The molecule has 2 N–H and O–H groups in total. The van der Waals surface area contributed by atoms with Gasteiger partial charge in [-0.05, 0) is 61.6 Å². The van der Waals surface area contributed by atoms with Gasteiger partial charge in [-0.15, -0.1) is 0 Å². The van der Waals surface area contributed by atoms with Crippen molar-refractivity contribution in [2.75, 3.05) is 52.7 Å². The maximum Gasteiger partial charge on any atom is 0.236 e. The van der Waals surface area contributed by atoms with Crippen LogP contribution in [0, 0.1) is 11.3 Å². The van der Waals surface area contributed by atoms with Crippen LogP contribution in [0.25, 0.3) is 0 Å². The van der Waals surface area contributed by atoms with E-state index >= 15 is 0 Å². The van der Waals surface area contributed by atoms with Crippen molar-refractivity contribution in [3.8, 4) is 11.5 Å². The van der Waals surface area contributed by atoms with E-state index in [9.17, 15) is 15.0 Å². The molecule has 1 amide bonds. The smallest absolute Gasteiger partial charge is 0.236 e. The van der Waals surface area contributed by atoms with E-state index in [0.717, 1.165) is 69.8 Å². The first-order valence-electron chi connectivity index (χ1n) is 14.2. The number of nitrogens with zero attached hydrogens (tertiary/aromatic N) is 3. The summed E-state index contributed by atoms with van der Waals surface area (Å²) in [5.74, 6) is 2.55. The highest BCUT2D eigenvalue weighted by Crippen LogP contribution is 2.59. The van der Waals surface area contributed by atoms with Gasteiger partial charge in [0.15, 0.2) is 11.5 Å². The number of carbonyl (C=O) groups is 1. The highest BCUT2D eigenvalue weighted by atomic mass is 16.7. The molecule has 2 saturated heterocycles. The van der Waals surface area contributed by atoms with Gasteiger partial charge in [0.05, 0.1) is 6.54 Å². The van der Waals surface area contributed by atoms with Crippen molar-refractivity contribution in [1.29, 1.82) is 0 Å². The molecular weight excluding hydrogens is 470 g/mol. The molecule has 8 nitrogen and oxygen atoms in total. The number of carbonyl (C=O) groups excluding carboxylic acids is 1. The van der Waals surface area contributed by atoms with Crippen molar-refractivity contribution in [3.63, 3.8) is 0 Å². The largest absolute Gasteiger partial charge is 0.454 e. The summed E-state index contributed by atoms with van der Waals surface area (Å²) in [5, 5.41) is 20.3. The SMILES string of the molecule is CCCCN(CCCO)C(=O)CN1C[C@H](c2ccc3c(c2)OCO3)CC12C[C@H]2CN1CCC(C)(C)C1O. The number of unbranched alkanes of at least 4 members (excludes halogenated alkanes) is 1. The molecule has 206 valence electrons. The fourth-order valence-electron chi connectivity index (χ4n) is 6.81. The predicted molar refractivity (Wildman–Crippen MR) is 142 cm³/mol. The molecule has 1 aromatic carbocycles. The topological polar surface area (TPSA) is 85.7 Å². The maximum absolute atomic E-state index is 13.5. The minimum Gasteiger partial charge on any atom is -0.454 e. The molecule has 0 bridgehead atoms. The van der Waals surface area contributed by atoms with Crippen molar-refractivity contribution >= 4 is 5.91 Å². The van der Waals surface area contributed by atoms with Crippen molar-refractivity contribution in [1.82, 2.24) is 14.7 Å². The fraction of sp³-hybridized carbons (Fsp3) is 0.759. The summed E-state index contributed by atoms with van der Waals surface area (Å²) < 4.78 is 11.2. The Balaban J connectivity index is 1.32. The minimum atomic E-state index is -0.408. The van der Waals surface area contributed by atoms with Crippen LogP contribution in [0.15, 0.2) is 18.2 Å². The lowest BCUT2D eigenvalue weighted by Gasteiger charge is -2.31. The van der Waals surface area contributed by atoms with Gasteiger partial charge >= 0.3 is 0 Å². The van der Waals surface area contributed by atoms with E-state index in [2.05, 4.69) is 42.7 Å². The Bertz CT molecular complexity index is 963. The summed E-state index contributed by atoms with van der Waals surface area (Å²) >= 11 is 0. The molecule has 1 saturated carbocycles. The molecule has 1 aliphatic carbocycles. The van der Waals surface area contributed by atoms with Crippen LogP contribution in [0.4, 0.5) is 0 Å². The molecule has 3 aliphatic heterocycles. The molecule has 5 rings (SSSR count). The monoisotopic (exact) mass is 515 g/mol. The quantitative estimate of drug-likeness (QED) is 0.469.